The lowest BCUT2D eigenvalue weighted by atomic mass is 9.98. The first-order chi connectivity index (χ1) is 16.7. The number of aryl methyl sites for hydroxylation is 1. The smallest absolute Gasteiger partial charge is 0.411 e. The third kappa shape index (κ3) is 4.74. The molecule has 180 valence electrons. The summed E-state index contributed by atoms with van der Waals surface area (Å²) in [5, 5.41) is 23.6. The zero-order valence-electron chi connectivity index (χ0n) is 19.4. The number of hydrogen-bond donors (Lipinski definition) is 4. The van der Waals surface area contributed by atoms with E-state index in [4.69, 9.17) is 4.74 Å². The van der Waals surface area contributed by atoms with Crippen LogP contribution in [0.15, 0.2) is 66.7 Å². The minimum atomic E-state index is -1.80. The number of carboxylic acid groups (broad SMARTS) is 1. The first kappa shape index (κ1) is 24.0. The first-order valence-electron chi connectivity index (χ1n) is 11.1. The third-order valence-corrected chi connectivity index (χ3v) is 6.25. The predicted molar refractivity (Wildman–Crippen MR) is 130 cm³/mol. The Hall–Kier alpha value is -4.17. The Morgan fingerprint density at radius 1 is 0.971 bits per heavy atom. The van der Waals surface area contributed by atoms with Crippen LogP contribution in [0.2, 0.25) is 0 Å². The number of carbonyl (C=O) groups excluding carboxylic acids is 2. The zero-order chi connectivity index (χ0) is 25.2. The van der Waals surface area contributed by atoms with Crippen LogP contribution in [-0.4, -0.2) is 46.9 Å². The molecule has 0 heterocycles. The Morgan fingerprint density at radius 3 is 2.11 bits per heavy atom. The van der Waals surface area contributed by atoms with Gasteiger partial charge in [-0.25, -0.2) is 9.59 Å². The van der Waals surface area contributed by atoms with E-state index in [0.29, 0.717) is 11.3 Å². The molecule has 2 amide bonds. The normalized spacial score (nSPS) is 13.8. The molecule has 0 saturated heterocycles. The fourth-order valence-electron chi connectivity index (χ4n) is 4.17. The van der Waals surface area contributed by atoms with Gasteiger partial charge in [0.15, 0.2) is 5.54 Å². The molecular formula is C27H26N2O6. The molecule has 3 aromatic carbocycles. The minimum absolute atomic E-state index is 0.0598. The van der Waals surface area contributed by atoms with Crippen LogP contribution in [0.5, 0.6) is 0 Å². The Balaban J connectivity index is 1.41. The van der Waals surface area contributed by atoms with Gasteiger partial charge in [-0.3, -0.25) is 10.1 Å². The number of aliphatic hydroxyl groups excluding tert-OH is 1. The van der Waals surface area contributed by atoms with Crippen molar-refractivity contribution in [3.05, 3.63) is 89.0 Å². The first-order valence-corrected chi connectivity index (χ1v) is 11.1. The molecule has 1 unspecified atom stereocenters. The molecule has 0 bridgehead atoms. The van der Waals surface area contributed by atoms with Crippen molar-refractivity contribution in [2.24, 2.45) is 0 Å². The quantitative estimate of drug-likeness (QED) is 0.411. The van der Waals surface area contributed by atoms with Crippen molar-refractivity contribution in [2.75, 3.05) is 18.5 Å². The summed E-state index contributed by atoms with van der Waals surface area (Å²) in [6, 6.07) is 20.7. The number of anilines is 1. The Labute approximate surface area is 202 Å². The molecule has 0 saturated carbocycles. The maximum Gasteiger partial charge on any atom is 0.411 e. The number of nitrogens with one attached hydrogen (secondary N) is 2. The van der Waals surface area contributed by atoms with Crippen molar-refractivity contribution in [3.8, 4) is 11.1 Å². The number of aliphatic carboxylic acids is 1. The van der Waals surface area contributed by atoms with E-state index in [1.54, 1.807) is 13.0 Å². The van der Waals surface area contributed by atoms with Crippen molar-refractivity contribution in [3.63, 3.8) is 0 Å². The number of carbonyl (C=O) groups is 3. The number of carboxylic acids is 1. The second kappa shape index (κ2) is 9.60. The lowest BCUT2D eigenvalue weighted by molar-refractivity contribution is -0.145. The molecular weight excluding hydrogens is 448 g/mol. The van der Waals surface area contributed by atoms with Crippen molar-refractivity contribution in [1.29, 1.82) is 0 Å². The minimum Gasteiger partial charge on any atom is -0.479 e. The van der Waals surface area contributed by atoms with E-state index in [0.717, 1.165) is 22.3 Å². The summed E-state index contributed by atoms with van der Waals surface area (Å²) in [5.74, 6) is -2.06. The van der Waals surface area contributed by atoms with Gasteiger partial charge < -0.3 is 20.3 Å². The highest BCUT2D eigenvalue weighted by Gasteiger charge is 2.34. The van der Waals surface area contributed by atoms with Crippen LogP contribution in [0.25, 0.3) is 11.1 Å². The molecule has 4 rings (SSSR count). The van der Waals surface area contributed by atoms with Crippen LogP contribution in [0.1, 0.15) is 39.9 Å². The summed E-state index contributed by atoms with van der Waals surface area (Å²) < 4.78 is 5.56. The molecule has 8 nitrogen and oxygen atoms in total. The third-order valence-electron chi connectivity index (χ3n) is 6.25. The topological polar surface area (TPSA) is 125 Å². The van der Waals surface area contributed by atoms with Gasteiger partial charge in [0.05, 0.1) is 6.61 Å². The maximum atomic E-state index is 12.6. The SMILES string of the molecule is Cc1cc(C(=O)NC(C)(CO)C(=O)O)ccc1NC(=O)OCC1c2ccccc2-c2ccccc21. The highest BCUT2D eigenvalue weighted by molar-refractivity contribution is 5.98. The van der Waals surface area contributed by atoms with Gasteiger partial charge in [-0.15, -0.1) is 0 Å². The average molecular weight is 475 g/mol. The number of ether oxygens (including phenoxy) is 1. The van der Waals surface area contributed by atoms with E-state index >= 15 is 0 Å². The van der Waals surface area contributed by atoms with Crippen LogP contribution in [0.3, 0.4) is 0 Å². The second-order valence-corrected chi connectivity index (χ2v) is 8.73. The van der Waals surface area contributed by atoms with Gasteiger partial charge in [-0.1, -0.05) is 48.5 Å². The number of aliphatic hydroxyl groups is 1. The van der Waals surface area contributed by atoms with E-state index in [-0.39, 0.29) is 18.1 Å². The second-order valence-electron chi connectivity index (χ2n) is 8.73. The monoisotopic (exact) mass is 474 g/mol. The number of fused-ring (bicyclic) bond motifs is 3. The summed E-state index contributed by atoms with van der Waals surface area (Å²) >= 11 is 0. The molecule has 1 atom stereocenters. The molecule has 0 fully saturated rings. The van der Waals surface area contributed by atoms with Gasteiger partial charge in [-0.2, -0.15) is 0 Å². The van der Waals surface area contributed by atoms with Gasteiger partial charge >= 0.3 is 12.1 Å². The number of benzene rings is 3. The summed E-state index contributed by atoms with van der Waals surface area (Å²) in [5.41, 5.74) is 3.96. The fourth-order valence-corrected chi connectivity index (χ4v) is 4.17. The molecule has 0 radical (unpaired) electrons. The highest BCUT2D eigenvalue weighted by Crippen LogP contribution is 2.44. The van der Waals surface area contributed by atoms with E-state index in [1.807, 2.05) is 36.4 Å². The van der Waals surface area contributed by atoms with Crippen LogP contribution >= 0.6 is 0 Å². The lowest BCUT2D eigenvalue weighted by Crippen LogP contribution is -2.54. The van der Waals surface area contributed by atoms with Crippen LogP contribution in [0, 0.1) is 6.92 Å². The Bertz CT molecular complexity index is 1260. The van der Waals surface area contributed by atoms with Crippen molar-refractivity contribution in [2.45, 2.75) is 25.3 Å². The fraction of sp³-hybridized carbons (Fsp3) is 0.222. The van der Waals surface area contributed by atoms with E-state index < -0.39 is 30.1 Å². The molecule has 0 aromatic heterocycles. The van der Waals surface area contributed by atoms with Crippen molar-refractivity contribution >= 4 is 23.7 Å². The van der Waals surface area contributed by atoms with E-state index in [1.165, 1.54) is 19.1 Å². The maximum absolute atomic E-state index is 12.6. The van der Waals surface area contributed by atoms with Gasteiger partial charge in [-0.05, 0) is 59.9 Å². The predicted octanol–water partition coefficient (Wildman–Crippen LogP) is 3.92. The zero-order valence-corrected chi connectivity index (χ0v) is 19.4. The summed E-state index contributed by atoms with van der Waals surface area (Å²) in [4.78, 5) is 36.3. The molecule has 3 aromatic rings. The number of amides is 2. The lowest BCUT2D eigenvalue weighted by Gasteiger charge is -2.23. The highest BCUT2D eigenvalue weighted by atomic mass is 16.5. The largest absolute Gasteiger partial charge is 0.479 e. The molecule has 4 N–H and O–H groups in total. The van der Waals surface area contributed by atoms with Gasteiger partial charge in [0, 0.05) is 17.2 Å². The number of rotatable bonds is 7. The van der Waals surface area contributed by atoms with Gasteiger partial charge in [0.25, 0.3) is 5.91 Å². The summed E-state index contributed by atoms with van der Waals surface area (Å²) in [7, 11) is 0. The molecule has 1 aliphatic carbocycles. The molecule has 35 heavy (non-hydrogen) atoms. The van der Waals surface area contributed by atoms with Crippen molar-refractivity contribution < 1.29 is 29.3 Å². The Kier molecular flexibility index (Phi) is 6.57. The van der Waals surface area contributed by atoms with Gasteiger partial charge in [0.2, 0.25) is 0 Å². The molecule has 8 heteroatoms. The molecule has 0 spiro atoms. The van der Waals surface area contributed by atoms with E-state index in [9.17, 15) is 24.6 Å². The van der Waals surface area contributed by atoms with Crippen LogP contribution < -0.4 is 10.6 Å². The number of hydrogen-bond acceptors (Lipinski definition) is 5. The van der Waals surface area contributed by atoms with Gasteiger partial charge in [0.1, 0.15) is 6.61 Å². The Morgan fingerprint density at radius 2 is 1.57 bits per heavy atom. The average Bonchev–Trinajstić information content (AvgIpc) is 3.17. The van der Waals surface area contributed by atoms with E-state index in [2.05, 4.69) is 22.8 Å². The van der Waals surface area contributed by atoms with Crippen LogP contribution in [0.4, 0.5) is 10.5 Å². The summed E-state index contributed by atoms with van der Waals surface area (Å²) in [6.07, 6.45) is -0.620. The van der Waals surface area contributed by atoms with Crippen LogP contribution in [-0.2, 0) is 9.53 Å². The van der Waals surface area contributed by atoms with Crippen molar-refractivity contribution in [1.82, 2.24) is 5.32 Å². The standard InChI is InChI=1S/C27H26N2O6/c1-16-13-17(24(31)29-27(2,15-30)25(32)33)11-12-23(16)28-26(34)35-14-22-20-9-5-3-7-18(20)19-8-4-6-10-21(19)22/h3-13,22,30H,14-15H2,1-2H3,(H,28,34)(H,29,31)(H,32,33). The summed E-state index contributed by atoms with van der Waals surface area (Å²) in [6.45, 7) is 2.34. The molecule has 0 aliphatic heterocycles. The molecule has 1 aliphatic rings.